The van der Waals surface area contributed by atoms with E-state index in [2.05, 4.69) is 40.1 Å². The van der Waals surface area contributed by atoms with E-state index in [4.69, 9.17) is 16.3 Å². The summed E-state index contributed by atoms with van der Waals surface area (Å²) in [6, 6.07) is 6.23. The third kappa shape index (κ3) is 3.14. The third-order valence-corrected chi connectivity index (χ3v) is 4.39. The van der Waals surface area contributed by atoms with Gasteiger partial charge in [-0.3, -0.25) is 0 Å². The Morgan fingerprint density at radius 3 is 2.88 bits per heavy atom. The standard InChI is InChI=1S/C13H15ClINO/c1-16-13(12-4-2-3-7-17-12)9-5-6-11(15)10(14)8-9/h4-6,8,13,16H,2-3,7H2,1H3. The summed E-state index contributed by atoms with van der Waals surface area (Å²) in [6.07, 6.45) is 4.36. The normalized spacial score (nSPS) is 17.2. The van der Waals surface area contributed by atoms with Gasteiger partial charge in [0.1, 0.15) is 5.76 Å². The molecule has 2 nitrogen and oxygen atoms in total. The van der Waals surface area contributed by atoms with E-state index < -0.39 is 0 Å². The highest BCUT2D eigenvalue weighted by atomic mass is 127. The molecule has 0 aliphatic carbocycles. The van der Waals surface area contributed by atoms with Crippen molar-refractivity contribution in [2.24, 2.45) is 0 Å². The smallest absolute Gasteiger partial charge is 0.113 e. The van der Waals surface area contributed by atoms with Gasteiger partial charge < -0.3 is 10.1 Å². The second-order valence-electron chi connectivity index (χ2n) is 3.99. The van der Waals surface area contributed by atoms with Crippen LogP contribution in [0.2, 0.25) is 5.02 Å². The van der Waals surface area contributed by atoms with E-state index in [0.717, 1.165) is 39.4 Å². The number of benzene rings is 1. The average Bonchev–Trinajstić information content (AvgIpc) is 2.36. The Kier molecular flexibility index (Phi) is 4.70. The van der Waals surface area contributed by atoms with Crippen molar-refractivity contribution in [3.05, 3.63) is 44.2 Å². The fourth-order valence-corrected chi connectivity index (χ4v) is 2.47. The molecule has 1 heterocycles. The first kappa shape index (κ1) is 13.2. The summed E-state index contributed by atoms with van der Waals surface area (Å²) in [5.41, 5.74) is 1.14. The summed E-state index contributed by atoms with van der Waals surface area (Å²) in [7, 11) is 1.94. The molecule has 2 rings (SSSR count). The number of rotatable bonds is 3. The number of hydrogen-bond donors (Lipinski definition) is 1. The Morgan fingerprint density at radius 2 is 2.29 bits per heavy atom. The predicted octanol–water partition coefficient (Wildman–Crippen LogP) is 3.90. The van der Waals surface area contributed by atoms with E-state index in [1.165, 1.54) is 0 Å². The van der Waals surface area contributed by atoms with Crippen LogP contribution in [0.25, 0.3) is 0 Å². The van der Waals surface area contributed by atoms with Crippen LogP contribution in [0.4, 0.5) is 0 Å². The molecule has 0 spiro atoms. The molecule has 17 heavy (non-hydrogen) atoms. The molecule has 0 radical (unpaired) electrons. The number of hydrogen-bond acceptors (Lipinski definition) is 2. The van der Waals surface area contributed by atoms with E-state index in [-0.39, 0.29) is 6.04 Å². The molecule has 0 bridgehead atoms. The lowest BCUT2D eigenvalue weighted by Crippen LogP contribution is -2.22. The quantitative estimate of drug-likeness (QED) is 0.823. The maximum absolute atomic E-state index is 6.16. The SMILES string of the molecule is CNC(C1=CCCCO1)c1ccc(I)c(Cl)c1. The molecule has 1 aromatic rings. The van der Waals surface area contributed by atoms with Crippen molar-refractivity contribution in [3.63, 3.8) is 0 Å². The number of allylic oxidation sites excluding steroid dienone is 1. The summed E-state index contributed by atoms with van der Waals surface area (Å²) in [6.45, 7) is 0.808. The van der Waals surface area contributed by atoms with Crippen LogP contribution >= 0.6 is 34.2 Å². The number of halogens is 2. The van der Waals surface area contributed by atoms with Gasteiger partial charge in [0, 0.05) is 3.57 Å². The summed E-state index contributed by atoms with van der Waals surface area (Å²) in [5.74, 6) is 1.01. The third-order valence-electron chi connectivity index (χ3n) is 2.81. The average molecular weight is 364 g/mol. The predicted molar refractivity (Wildman–Crippen MR) is 79.2 cm³/mol. The molecule has 0 aromatic heterocycles. The Morgan fingerprint density at radius 1 is 1.47 bits per heavy atom. The molecule has 1 N–H and O–H groups in total. The zero-order chi connectivity index (χ0) is 12.3. The number of ether oxygens (including phenoxy) is 1. The van der Waals surface area contributed by atoms with Gasteiger partial charge in [0.15, 0.2) is 0 Å². The minimum absolute atomic E-state index is 0.102. The molecule has 4 heteroatoms. The topological polar surface area (TPSA) is 21.3 Å². The molecule has 92 valence electrons. The van der Waals surface area contributed by atoms with Gasteiger partial charge in [0.25, 0.3) is 0 Å². The highest BCUT2D eigenvalue weighted by Gasteiger charge is 2.18. The molecule has 0 fully saturated rings. The van der Waals surface area contributed by atoms with Crippen molar-refractivity contribution in [2.45, 2.75) is 18.9 Å². The van der Waals surface area contributed by atoms with Gasteiger partial charge in [-0.15, -0.1) is 0 Å². The minimum Gasteiger partial charge on any atom is -0.496 e. The Balaban J connectivity index is 2.28. The van der Waals surface area contributed by atoms with Gasteiger partial charge in [-0.25, -0.2) is 0 Å². The molecule has 1 aliphatic heterocycles. The highest BCUT2D eigenvalue weighted by Crippen LogP contribution is 2.29. The monoisotopic (exact) mass is 363 g/mol. The Labute approximate surface area is 121 Å². The molecule has 1 unspecified atom stereocenters. The second-order valence-corrected chi connectivity index (χ2v) is 5.56. The number of nitrogens with one attached hydrogen (secondary N) is 1. The maximum atomic E-state index is 6.16. The van der Waals surface area contributed by atoms with Gasteiger partial charge in [-0.1, -0.05) is 17.7 Å². The van der Waals surface area contributed by atoms with Gasteiger partial charge in [0.05, 0.1) is 17.7 Å². The van der Waals surface area contributed by atoms with Crippen LogP contribution in [0.1, 0.15) is 24.4 Å². The van der Waals surface area contributed by atoms with Crippen molar-refractivity contribution in [3.8, 4) is 0 Å². The van der Waals surface area contributed by atoms with Gasteiger partial charge in [0.2, 0.25) is 0 Å². The lowest BCUT2D eigenvalue weighted by molar-refractivity contribution is 0.169. The Hall–Kier alpha value is -0.260. The second kappa shape index (κ2) is 6.07. The van der Waals surface area contributed by atoms with Crippen LogP contribution in [0.3, 0.4) is 0 Å². The molecule has 0 saturated carbocycles. The first-order chi connectivity index (χ1) is 8.22. The molecular weight excluding hydrogens is 349 g/mol. The molecular formula is C13H15ClINO. The largest absolute Gasteiger partial charge is 0.496 e. The fraction of sp³-hybridized carbons (Fsp3) is 0.385. The van der Waals surface area contributed by atoms with Crippen LogP contribution in [-0.4, -0.2) is 13.7 Å². The van der Waals surface area contributed by atoms with Gasteiger partial charge in [-0.2, -0.15) is 0 Å². The lowest BCUT2D eigenvalue weighted by atomic mass is 10.0. The van der Waals surface area contributed by atoms with E-state index >= 15 is 0 Å². The van der Waals surface area contributed by atoms with Crippen molar-refractivity contribution in [1.29, 1.82) is 0 Å². The molecule has 1 aromatic carbocycles. The first-order valence-electron chi connectivity index (χ1n) is 5.67. The zero-order valence-electron chi connectivity index (χ0n) is 9.67. The summed E-state index contributed by atoms with van der Waals surface area (Å²) >= 11 is 8.39. The Bertz CT molecular complexity index is 433. The van der Waals surface area contributed by atoms with Gasteiger partial charge in [-0.05, 0) is 66.3 Å². The molecule has 0 amide bonds. The molecule has 1 atom stereocenters. The van der Waals surface area contributed by atoms with Crippen molar-refractivity contribution in [1.82, 2.24) is 5.32 Å². The van der Waals surface area contributed by atoms with Crippen LogP contribution < -0.4 is 5.32 Å². The van der Waals surface area contributed by atoms with Crippen molar-refractivity contribution >= 4 is 34.2 Å². The first-order valence-corrected chi connectivity index (χ1v) is 7.13. The van der Waals surface area contributed by atoms with Crippen LogP contribution in [-0.2, 0) is 4.74 Å². The zero-order valence-corrected chi connectivity index (χ0v) is 12.6. The van der Waals surface area contributed by atoms with Gasteiger partial charge >= 0.3 is 0 Å². The lowest BCUT2D eigenvalue weighted by Gasteiger charge is -2.24. The summed E-state index contributed by atoms with van der Waals surface area (Å²) in [5, 5.41) is 4.07. The van der Waals surface area contributed by atoms with E-state index in [1.54, 1.807) is 0 Å². The fourth-order valence-electron chi connectivity index (χ4n) is 1.94. The van der Waals surface area contributed by atoms with E-state index in [1.807, 2.05) is 19.2 Å². The maximum Gasteiger partial charge on any atom is 0.113 e. The van der Waals surface area contributed by atoms with Crippen molar-refractivity contribution in [2.75, 3.05) is 13.7 Å². The molecule has 1 aliphatic rings. The highest BCUT2D eigenvalue weighted by molar-refractivity contribution is 14.1. The van der Waals surface area contributed by atoms with Crippen LogP contribution in [0.15, 0.2) is 30.0 Å². The van der Waals surface area contributed by atoms with E-state index in [0.29, 0.717) is 0 Å². The minimum atomic E-state index is 0.102. The summed E-state index contributed by atoms with van der Waals surface area (Å²) < 4.78 is 6.78. The van der Waals surface area contributed by atoms with Crippen LogP contribution in [0.5, 0.6) is 0 Å². The molecule has 0 saturated heterocycles. The number of likely N-dealkylation sites (N-methyl/N-ethyl adjacent to an activating group) is 1. The van der Waals surface area contributed by atoms with Crippen LogP contribution in [0, 0.1) is 3.57 Å². The van der Waals surface area contributed by atoms with Crippen molar-refractivity contribution < 1.29 is 4.74 Å². The summed E-state index contributed by atoms with van der Waals surface area (Å²) in [4.78, 5) is 0. The van der Waals surface area contributed by atoms with E-state index in [9.17, 15) is 0 Å².